The number of amides is 1. The van der Waals surface area contributed by atoms with E-state index in [4.69, 9.17) is 4.74 Å². The van der Waals surface area contributed by atoms with E-state index in [1.54, 1.807) is 37.8 Å². The summed E-state index contributed by atoms with van der Waals surface area (Å²) in [5.74, 6) is 1.62. The van der Waals surface area contributed by atoms with E-state index in [9.17, 15) is 9.90 Å². The van der Waals surface area contributed by atoms with E-state index in [-0.39, 0.29) is 12.0 Å². The minimum atomic E-state index is -1.08. The van der Waals surface area contributed by atoms with Crippen LogP contribution in [-0.4, -0.2) is 50.5 Å². The highest BCUT2D eigenvalue weighted by Gasteiger charge is 2.24. The lowest BCUT2D eigenvalue weighted by atomic mass is 10.1. The lowest BCUT2D eigenvalue weighted by Crippen LogP contribution is -2.37. The molecule has 0 bridgehead atoms. The minimum Gasteiger partial charge on any atom is -0.496 e. The Balaban J connectivity index is 1.81. The van der Waals surface area contributed by atoms with Gasteiger partial charge in [-0.3, -0.25) is 4.40 Å². The van der Waals surface area contributed by atoms with E-state index < -0.39 is 6.09 Å². The highest BCUT2D eigenvalue weighted by atomic mass is 16.5. The smallest absolute Gasteiger partial charge is 0.414 e. The number of carbonyl (C=O) groups is 1. The highest BCUT2D eigenvalue weighted by molar-refractivity contribution is 5.85. The molecule has 142 valence electrons. The highest BCUT2D eigenvalue weighted by Crippen LogP contribution is 2.21. The SMILES string of the molecule is COc1ccccc1CCNc1nccn2c(N(C(=O)O)C(C)C)nnc12. The zero-order valence-corrected chi connectivity index (χ0v) is 15.5. The minimum absolute atomic E-state index is 0.239. The van der Waals surface area contributed by atoms with Gasteiger partial charge in [-0.2, -0.15) is 0 Å². The molecular weight excluding hydrogens is 348 g/mol. The van der Waals surface area contributed by atoms with Crippen LogP contribution in [0, 0.1) is 0 Å². The van der Waals surface area contributed by atoms with E-state index in [0.29, 0.717) is 18.0 Å². The zero-order chi connectivity index (χ0) is 19.4. The van der Waals surface area contributed by atoms with Crippen molar-refractivity contribution in [3.8, 4) is 5.75 Å². The molecule has 2 heterocycles. The first-order chi connectivity index (χ1) is 13.0. The number of rotatable bonds is 7. The van der Waals surface area contributed by atoms with Crippen LogP contribution in [0.15, 0.2) is 36.7 Å². The van der Waals surface area contributed by atoms with Crippen molar-refractivity contribution < 1.29 is 14.6 Å². The Hall–Kier alpha value is -3.36. The molecule has 0 spiro atoms. The van der Waals surface area contributed by atoms with Crippen LogP contribution in [0.5, 0.6) is 5.75 Å². The average Bonchev–Trinajstić information content (AvgIpc) is 3.06. The number of benzene rings is 1. The molecule has 0 aliphatic carbocycles. The van der Waals surface area contributed by atoms with Crippen molar-refractivity contribution in [2.45, 2.75) is 26.3 Å². The topological polar surface area (TPSA) is 105 Å². The van der Waals surface area contributed by atoms with Gasteiger partial charge in [0, 0.05) is 25.0 Å². The summed E-state index contributed by atoms with van der Waals surface area (Å²) in [6, 6.07) is 7.56. The summed E-state index contributed by atoms with van der Waals surface area (Å²) >= 11 is 0. The first kappa shape index (κ1) is 18.4. The molecule has 0 saturated carbocycles. The van der Waals surface area contributed by atoms with Crippen LogP contribution in [0.3, 0.4) is 0 Å². The predicted octanol–water partition coefficient (Wildman–Crippen LogP) is 2.68. The molecule has 27 heavy (non-hydrogen) atoms. The van der Waals surface area contributed by atoms with E-state index in [0.717, 1.165) is 17.7 Å². The Morgan fingerprint density at radius 1 is 1.33 bits per heavy atom. The molecule has 0 atom stereocenters. The number of fused-ring (bicyclic) bond motifs is 1. The second kappa shape index (κ2) is 7.90. The maximum absolute atomic E-state index is 11.6. The van der Waals surface area contributed by atoms with E-state index in [2.05, 4.69) is 20.5 Å². The lowest BCUT2D eigenvalue weighted by molar-refractivity contribution is 0.199. The number of nitrogens with zero attached hydrogens (tertiary/aromatic N) is 5. The van der Waals surface area contributed by atoms with Crippen molar-refractivity contribution in [1.82, 2.24) is 19.6 Å². The van der Waals surface area contributed by atoms with Crippen LogP contribution >= 0.6 is 0 Å². The molecule has 0 aliphatic heterocycles. The summed E-state index contributed by atoms with van der Waals surface area (Å²) in [4.78, 5) is 17.0. The monoisotopic (exact) mass is 370 g/mol. The van der Waals surface area contributed by atoms with Crippen molar-refractivity contribution in [2.75, 3.05) is 23.9 Å². The molecule has 0 fully saturated rings. The third-order valence-corrected chi connectivity index (χ3v) is 4.13. The summed E-state index contributed by atoms with van der Waals surface area (Å²) < 4.78 is 6.98. The zero-order valence-electron chi connectivity index (χ0n) is 15.5. The molecular formula is C18H22N6O3. The van der Waals surface area contributed by atoms with Crippen LogP contribution in [0.4, 0.5) is 16.6 Å². The number of anilines is 2. The molecule has 0 unspecified atom stereocenters. The fourth-order valence-corrected chi connectivity index (χ4v) is 2.87. The number of para-hydroxylation sites is 1. The van der Waals surface area contributed by atoms with E-state index in [1.807, 2.05) is 24.3 Å². The van der Waals surface area contributed by atoms with Crippen molar-refractivity contribution in [3.63, 3.8) is 0 Å². The summed E-state index contributed by atoms with van der Waals surface area (Å²) in [6.07, 6.45) is 2.89. The Morgan fingerprint density at radius 3 is 2.81 bits per heavy atom. The van der Waals surface area contributed by atoms with Gasteiger partial charge >= 0.3 is 6.09 Å². The molecule has 3 aromatic rings. The van der Waals surface area contributed by atoms with Gasteiger partial charge in [0.2, 0.25) is 11.6 Å². The van der Waals surface area contributed by atoms with Gasteiger partial charge in [0.15, 0.2) is 5.82 Å². The molecule has 3 rings (SSSR count). The predicted molar refractivity (Wildman–Crippen MR) is 102 cm³/mol. The number of aromatic nitrogens is 4. The molecule has 2 aromatic heterocycles. The van der Waals surface area contributed by atoms with Gasteiger partial charge in [0.05, 0.1) is 7.11 Å². The summed E-state index contributed by atoms with van der Waals surface area (Å²) in [5, 5.41) is 20.9. The van der Waals surface area contributed by atoms with Gasteiger partial charge < -0.3 is 15.2 Å². The van der Waals surface area contributed by atoms with Gasteiger partial charge in [0.1, 0.15) is 5.75 Å². The summed E-state index contributed by atoms with van der Waals surface area (Å²) in [7, 11) is 1.65. The number of carboxylic acid groups (broad SMARTS) is 1. The molecule has 0 radical (unpaired) electrons. The number of nitrogens with one attached hydrogen (secondary N) is 1. The molecule has 1 amide bonds. The normalized spacial score (nSPS) is 11.0. The third kappa shape index (κ3) is 3.76. The lowest BCUT2D eigenvalue weighted by Gasteiger charge is -2.20. The first-order valence-electron chi connectivity index (χ1n) is 8.60. The standard InChI is InChI=1S/C18H22N6O3/c1-12(2)24(18(25)26)17-22-21-16-15(20-10-11-23(16)17)19-9-8-13-6-4-5-7-14(13)27-3/h4-7,10-12H,8-9H2,1-3H3,(H,19,20)(H,25,26). The summed E-state index contributed by atoms with van der Waals surface area (Å²) in [6.45, 7) is 4.17. The quantitative estimate of drug-likeness (QED) is 0.659. The number of ether oxygens (including phenoxy) is 1. The number of hydrogen-bond acceptors (Lipinski definition) is 6. The van der Waals surface area contributed by atoms with Crippen LogP contribution in [-0.2, 0) is 6.42 Å². The van der Waals surface area contributed by atoms with Gasteiger partial charge in [-0.15, -0.1) is 10.2 Å². The third-order valence-electron chi connectivity index (χ3n) is 4.13. The van der Waals surface area contributed by atoms with Crippen LogP contribution < -0.4 is 15.0 Å². The van der Waals surface area contributed by atoms with Crippen molar-refractivity contribution >= 4 is 23.5 Å². The first-order valence-corrected chi connectivity index (χ1v) is 8.60. The molecule has 0 saturated heterocycles. The van der Waals surface area contributed by atoms with Crippen LogP contribution in [0.1, 0.15) is 19.4 Å². The van der Waals surface area contributed by atoms with E-state index >= 15 is 0 Å². The van der Waals surface area contributed by atoms with Gasteiger partial charge in [-0.25, -0.2) is 14.7 Å². The molecule has 1 aromatic carbocycles. The van der Waals surface area contributed by atoms with Crippen LogP contribution in [0.25, 0.3) is 5.65 Å². The Bertz CT molecular complexity index is 940. The summed E-state index contributed by atoms with van der Waals surface area (Å²) in [5.41, 5.74) is 1.55. The van der Waals surface area contributed by atoms with Gasteiger partial charge in [0.25, 0.3) is 0 Å². The molecule has 9 heteroatoms. The van der Waals surface area contributed by atoms with E-state index in [1.165, 1.54) is 4.90 Å². The second-order valence-electron chi connectivity index (χ2n) is 6.20. The van der Waals surface area contributed by atoms with Crippen molar-refractivity contribution in [1.29, 1.82) is 0 Å². The fourth-order valence-electron chi connectivity index (χ4n) is 2.87. The average molecular weight is 370 g/mol. The van der Waals surface area contributed by atoms with Crippen molar-refractivity contribution in [3.05, 3.63) is 42.2 Å². The maximum Gasteiger partial charge on any atom is 0.414 e. The second-order valence-corrected chi connectivity index (χ2v) is 6.20. The molecule has 0 aliphatic rings. The Kier molecular flexibility index (Phi) is 5.39. The molecule has 9 nitrogen and oxygen atoms in total. The molecule has 2 N–H and O–H groups in total. The Morgan fingerprint density at radius 2 is 2.11 bits per heavy atom. The number of methoxy groups -OCH3 is 1. The van der Waals surface area contributed by atoms with Gasteiger partial charge in [-0.1, -0.05) is 18.2 Å². The fraction of sp³-hybridized carbons (Fsp3) is 0.333. The van der Waals surface area contributed by atoms with Gasteiger partial charge in [-0.05, 0) is 31.9 Å². The van der Waals surface area contributed by atoms with Crippen molar-refractivity contribution in [2.24, 2.45) is 0 Å². The Labute approximate surface area is 156 Å². The number of hydrogen-bond donors (Lipinski definition) is 2. The maximum atomic E-state index is 11.6. The largest absolute Gasteiger partial charge is 0.496 e. The van der Waals surface area contributed by atoms with Crippen LogP contribution in [0.2, 0.25) is 0 Å².